The second-order valence-corrected chi connectivity index (χ2v) is 7.74. The molecule has 4 rings (SSSR count). The second kappa shape index (κ2) is 7.27. The molecule has 3 aromatic rings. The molecule has 2 N–H and O–H groups in total. The van der Waals surface area contributed by atoms with Crippen molar-refractivity contribution in [3.63, 3.8) is 0 Å². The molecule has 1 aliphatic rings. The maximum absolute atomic E-state index is 12.6. The summed E-state index contributed by atoms with van der Waals surface area (Å²) < 4.78 is 8.71. The van der Waals surface area contributed by atoms with Gasteiger partial charge in [0.25, 0.3) is 5.56 Å². The van der Waals surface area contributed by atoms with Crippen molar-refractivity contribution in [1.29, 1.82) is 0 Å². The van der Waals surface area contributed by atoms with Gasteiger partial charge in [0.15, 0.2) is 0 Å². The van der Waals surface area contributed by atoms with Gasteiger partial charge in [-0.05, 0) is 42.1 Å². The first kappa shape index (κ1) is 17.3. The number of nitrogens with zero attached hydrogens (tertiary/aromatic N) is 1. The number of hydrogen-bond acceptors (Lipinski definition) is 5. The van der Waals surface area contributed by atoms with Crippen LogP contribution in [-0.2, 0) is 6.61 Å². The van der Waals surface area contributed by atoms with Gasteiger partial charge in [0.05, 0.1) is 10.1 Å². The maximum atomic E-state index is 12.6. The Morgan fingerprint density at radius 2 is 1.96 bits per heavy atom. The van der Waals surface area contributed by atoms with Gasteiger partial charge in [0.1, 0.15) is 12.4 Å². The fraction of sp³-hybridized carbons (Fsp3) is 0.316. The van der Waals surface area contributed by atoms with Gasteiger partial charge in [-0.1, -0.05) is 48.6 Å². The van der Waals surface area contributed by atoms with E-state index in [0.29, 0.717) is 23.9 Å². The van der Waals surface area contributed by atoms with E-state index in [1.54, 1.807) is 18.2 Å². The van der Waals surface area contributed by atoms with Gasteiger partial charge < -0.3 is 14.8 Å². The summed E-state index contributed by atoms with van der Waals surface area (Å²) in [6.07, 6.45) is 4.56. The number of aromatic nitrogens is 1. The summed E-state index contributed by atoms with van der Waals surface area (Å²) in [4.78, 5) is 12.6. The Hall–Kier alpha value is -2.09. The highest BCUT2D eigenvalue weighted by Gasteiger charge is 2.21. The first-order valence-corrected chi connectivity index (χ1v) is 9.62. The van der Waals surface area contributed by atoms with Crippen LogP contribution in [0.1, 0.15) is 37.3 Å². The summed E-state index contributed by atoms with van der Waals surface area (Å²) in [5.41, 5.74) is 1.40. The van der Waals surface area contributed by atoms with Crippen LogP contribution in [0.3, 0.4) is 0 Å². The summed E-state index contributed by atoms with van der Waals surface area (Å²) in [5.74, 6) is 0.701. The minimum absolute atomic E-state index is 0.105. The van der Waals surface area contributed by atoms with Crippen molar-refractivity contribution in [1.82, 2.24) is 3.96 Å². The highest BCUT2D eigenvalue weighted by atomic mass is 32.1. The van der Waals surface area contributed by atoms with Crippen LogP contribution in [0, 0.1) is 0 Å². The van der Waals surface area contributed by atoms with E-state index in [-0.39, 0.29) is 5.56 Å². The van der Waals surface area contributed by atoms with E-state index in [0.717, 1.165) is 28.5 Å². The molecule has 0 radical (unpaired) electrons. The summed E-state index contributed by atoms with van der Waals surface area (Å²) in [7, 11) is -1.49. The van der Waals surface area contributed by atoms with Gasteiger partial charge in [0, 0.05) is 6.04 Å². The van der Waals surface area contributed by atoms with Crippen LogP contribution in [0.2, 0.25) is 0 Å². The molecule has 0 atom stereocenters. The minimum atomic E-state index is -1.49. The maximum Gasteiger partial charge on any atom is 0.488 e. The third-order valence-electron chi connectivity index (χ3n) is 4.89. The predicted octanol–water partition coefficient (Wildman–Crippen LogP) is 2.44. The Bertz CT molecular complexity index is 975. The largest absolute Gasteiger partial charge is 0.489 e. The lowest BCUT2D eigenvalue weighted by Crippen LogP contribution is -2.29. The van der Waals surface area contributed by atoms with Crippen molar-refractivity contribution in [2.75, 3.05) is 0 Å². The van der Waals surface area contributed by atoms with Crippen molar-refractivity contribution in [3.8, 4) is 5.75 Å². The van der Waals surface area contributed by atoms with E-state index in [1.165, 1.54) is 24.4 Å². The molecule has 7 heteroatoms. The Kier molecular flexibility index (Phi) is 4.85. The van der Waals surface area contributed by atoms with Crippen LogP contribution in [0.4, 0.5) is 0 Å². The van der Waals surface area contributed by atoms with Crippen LogP contribution in [0.25, 0.3) is 10.1 Å². The normalized spacial score (nSPS) is 14.8. The van der Waals surface area contributed by atoms with Crippen molar-refractivity contribution in [3.05, 3.63) is 58.4 Å². The van der Waals surface area contributed by atoms with Gasteiger partial charge in [-0.2, -0.15) is 0 Å². The van der Waals surface area contributed by atoms with Gasteiger partial charge in [0.2, 0.25) is 0 Å². The highest BCUT2D eigenvalue weighted by Crippen LogP contribution is 2.32. The number of hydrogen-bond donors (Lipinski definition) is 2. The molecule has 2 aromatic carbocycles. The van der Waals surface area contributed by atoms with Crippen LogP contribution in [-0.4, -0.2) is 21.1 Å². The first-order valence-electron chi connectivity index (χ1n) is 8.85. The van der Waals surface area contributed by atoms with Gasteiger partial charge in [-0.3, -0.25) is 8.75 Å². The lowest BCUT2D eigenvalue weighted by Gasteiger charge is -2.08. The van der Waals surface area contributed by atoms with Crippen LogP contribution in [0.5, 0.6) is 5.75 Å². The van der Waals surface area contributed by atoms with E-state index in [9.17, 15) is 14.8 Å². The molecule has 1 fully saturated rings. The summed E-state index contributed by atoms with van der Waals surface area (Å²) in [6, 6.07) is 12.9. The fourth-order valence-electron chi connectivity index (χ4n) is 3.50. The van der Waals surface area contributed by atoms with Gasteiger partial charge >= 0.3 is 7.12 Å². The molecule has 1 aliphatic carbocycles. The molecule has 0 amide bonds. The SMILES string of the molecule is O=c1c2ccc(OCc3cccc(B(O)O)c3)cc2sn1C1CCCC1. The second-order valence-electron chi connectivity index (χ2n) is 6.73. The Morgan fingerprint density at radius 1 is 1.15 bits per heavy atom. The Balaban J connectivity index is 1.54. The number of rotatable bonds is 5. The fourth-order valence-corrected chi connectivity index (χ4v) is 4.68. The molecule has 0 saturated heterocycles. The number of ether oxygens (including phenoxy) is 1. The third kappa shape index (κ3) is 3.42. The van der Waals surface area contributed by atoms with Crippen molar-refractivity contribution < 1.29 is 14.8 Å². The Morgan fingerprint density at radius 3 is 2.73 bits per heavy atom. The zero-order chi connectivity index (χ0) is 18.1. The molecule has 1 saturated carbocycles. The average molecular weight is 369 g/mol. The quantitative estimate of drug-likeness (QED) is 0.678. The van der Waals surface area contributed by atoms with Crippen molar-refractivity contribution in [2.24, 2.45) is 0 Å². The first-order chi connectivity index (χ1) is 12.6. The lowest BCUT2D eigenvalue weighted by molar-refractivity contribution is 0.307. The molecule has 0 spiro atoms. The zero-order valence-electron chi connectivity index (χ0n) is 14.3. The van der Waals surface area contributed by atoms with Crippen LogP contribution in [0.15, 0.2) is 47.3 Å². The molecule has 0 bridgehead atoms. The monoisotopic (exact) mass is 369 g/mol. The standard InChI is InChI=1S/C19H20BNO4S/c22-19-17-9-8-16(11-18(17)26-21(19)15-6-1-2-7-15)25-12-13-4-3-5-14(10-13)20(23)24/h3-5,8-11,15,23-24H,1-2,6-7,12H2. The van der Waals surface area contributed by atoms with E-state index < -0.39 is 7.12 Å². The van der Waals surface area contributed by atoms with Crippen LogP contribution < -0.4 is 15.8 Å². The molecule has 1 aromatic heterocycles. The van der Waals surface area contributed by atoms with Gasteiger partial charge in [-0.25, -0.2) is 0 Å². The number of fused-ring (bicyclic) bond motifs is 1. The van der Waals surface area contributed by atoms with E-state index in [2.05, 4.69) is 0 Å². The van der Waals surface area contributed by atoms with Gasteiger partial charge in [-0.15, -0.1) is 0 Å². The minimum Gasteiger partial charge on any atom is -0.489 e. The smallest absolute Gasteiger partial charge is 0.488 e. The molecule has 1 heterocycles. The highest BCUT2D eigenvalue weighted by molar-refractivity contribution is 7.13. The molecule has 134 valence electrons. The summed E-state index contributed by atoms with van der Waals surface area (Å²) in [5, 5.41) is 19.3. The Labute approximate surface area is 155 Å². The molecule has 0 unspecified atom stereocenters. The molecule has 0 aliphatic heterocycles. The van der Waals surface area contributed by atoms with E-state index in [4.69, 9.17) is 4.74 Å². The molecule has 5 nitrogen and oxygen atoms in total. The number of benzene rings is 2. The molecule has 26 heavy (non-hydrogen) atoms. The summed E-state index contributed by atoms with van der Waals surface area (Å²) >= 11 is 1.52. The van der Waals surface area contributed by atoms with E-state index >= 15 is 0 Å². The van der Waals surface area contributed by atoms with Crippen molar-refractivity contribution >= 4 is 34.2 Å². The molecular formula is C19H20BNO4S. The van der Waals surface area contributed by atoms with E-state index in [1.807, 2.05) is 28.2 Å². The topological polar surface area (TPSA) is 71.7 Å². The zero-order valence-corrected chi connectivity index (χ0v) is 15.1. The molecular weight excluding hydrogens is 349 g/mol. The predicted molar refractivity (Wildman–Crippen MR) is 104 cm³/mol. The lowest BCUT2D eigenvalue weighted by atomic mass is 9.80. The average Bonchev–Trinajstić information content (AvgIpc) is 3.28. The third-order valence-corrected chi connectivity index (χ3v) is 6.09. The van der Waals surface area contributed by atoms with Crippen LogP contribution >= 0.6 is 11.5 Å². The summed E-state index contributed by atoms with van der Waals surface area (Å²) in [6.45, 7) is 0.324. The van der Waals surface area contributed by atoms with Crippen molar-refractivity contribution in [2.45, 2.75) is 38.3 Å².